The van der Waals surface area contributed by atoms with Gasteiger partial charge >= 0.3 is 0 Å². The molecule has 0 bridgehead atoms. The Balaban J connectivity index is 2.71. The molecule has 0 saturated heterocycles. The van der Waals surface area contributed by atoms with E-state index in [0.29, 0.717) is 12.2 Å². The summed E-state index contributed by atoms with van der Waals surface area (Å²) in [4.78, 5) is 11.4. The average Bonchev–Trinajstić information content (AvgIpc) is 2.33. The zero-order valence-electron chi connectivity index (χ0n) is 11.5. The van der Waals surface area contributed by atoms with Crippen molar-refractivity contribution in [1.82, 2.24) is 5.32 Å². The summed E-state index contributed by atoms with van der Waals surface area (Å²) in [6.07, 6.45) is 1.16. The van der Waals surface area contributed by atoms with Gasteiger partial charge in [0.2, 0.25) is 15.9 Å². The van der Waals surface area contributed by atoms with Crippen molar-refractivity contribution in [2.75, 3.05) is 23.7 Å². The van der Waals surface area contributed by atoms with Crippen molar-refractivity contribution in [1.29, 1.82) is 0 Å². The molecule has 0 radical (unpaired) electrons. The van der Waals surface area contributed by atoms with Crippen LogP contribution in [0.15, 0.2) is 30.3 Å². The van der Waals surface area contributed by atoms with E-state index in [4.69, 9.17) is 0 Å². The van der Waals surface area contributed by atoms with Crippen LogP contribution in [0.25, 0.3) is 0 Å². The molecule has 106 valence electrons. The van der Waals surface area contributed by atoms with Gasteiger partial charge in [-0.25, -0.2) is 8.42 Å². The van der Waals surface area contributed by atoms with Crippen molar-refractivity contribution in [2.45, 2.75) is 13.8 Å². The third-order valence-corrected chi connectivity index (χ3v) is 3.78. The number of benzene rings is 1. The minimum Gasteiger partial charge on any atom is -0.354 e. The molecule has 1 N–H and O–H groups in total. The number of carbonyl (C=O) groups is 1. The molecule has 0 atom stereocenters. The van der Waals surface area contributed by atoms with Gasteiger partial charge in [-0.15, -0.1) is 0 Å². The number of anilines is 1. The Bertz CT molecular complexity index is 512. The first-order valence-corrected chi connectivity index (χ1v) is 7.97. The molecule has 0 unspecified atom stereocenters. The molecule has 0 saturated carbocycles. The van der Waals surface area contributed by atoms with Gasteiger partial charge in [0.1, 0.15) is 0 Å². The molecule has 0 heterocycles. The third-order valence-electron chi connectivity index (χ3n) is 2.58. The van der Waals surface area contributed by atoms with Gasteiger partial charge in [0.15, 0.2) is 0 Å². The van der Waals surface area contributed by atoms with E-state index < -0.39 is 10.0 Å². The molecular formula is C13H20N2O3S. The second kappa shape index (κ2) is 6.56. The first-order chi connectivity index (χ1) is 8.82. The van der Waals surface area contributed by atoms with Crippen molar-refractivity contribution >= 4 is 21.6 Å². The van der Waals surface area contributed by atoms with Gasteiger partial charge in [0, 0.05) is 12.5 Å². The molecule has 0 fully saturated rings. The summed E-state index contributed by atoms with van der Waals surface area (Å²) in [6, 6.07) is 8.83. The Labute approximate surface area is 114 Å². The quantitative estimate of drug-likeness (QED) is 0.854. The van der Waals surface area contributed by atoms with Crippen LogP contribution < -0.4 is 9.62 Å². The SMILES string of the molecule is CC(C)C(=O)NCCN(c1ccccc1)S(C)(=O)=O. The second-order valence-corrected chi connectivity index (χ2v) is 6.52. The van der Waals surface area contributed by atoms with E-state index in [1.54, 1.807) is 38.1 Å². The van der Waals surface area contributed by atoms with Crippen LogP contribution in [0.3, 0.4) is 0 Å². The molecule has 1 amide bonds. The third kappa shape index (κ3) is 4.90. The normalized spacial score (nSPS) is 11.4. The van der Waals surface area contributed by atoms with E-state index in [1.165, 1.54) is 4.31 Å². The van der Waals surface area contributed by atoms with Gasteiger partial charge in [-0.1, -0.05) is 32.0 Å². The van der Waals surface area contributed by atoms with Crippen LogP contribution in [-0.2, 0) is 14.8 Å². The fourth-order valence-corrected chi connectivity index (χ4v) is 2.49. The summed E-state index contributed by atoms with van der Waals surface area (Å²) in [5.41, 5.74) is 0.601. The Morgan fingerprint density at radius 1 is 1.26 bits per heavy atom. The molecule has 1 aromatic carbocycles. The number of amides is 1. The highest BCUT2D eigenvalue weighted by molar-refractivity contribution is 7.92. The fourth-order valence-electron chi connectivity index (χ4n) is 1.57. The minimum absolute atomic E-state index is 0.0819. The number of hydrogen-bond acceptors (Lipinski definition) is 3. The van der Waals surface area contributed by atoms with Crippen LogP contribution in [0.1, 0.15) is 13.8 Å². The van der Waals surface area contributed by atoms with Crippen molar-refractivity contribution in [2.24, 2.45) is 5.92 Å². The summed E-state index contributed by atoms with van der Waals surface area (Å²) in [5, 5.41) is 2.71. The Hall–Kier alpha value is -1.56. The van der Waals surface area contributed by atoms with Crippen LogP contribution in [0.2, 0.25) is 0 Å². The highest BCUT2D eigenvalue weighted by Crippen LogP contribution is 2.15. The average molecular weight is 284 g/mol. The van der Waals surface area contributed by atoms with Crippen molar-refractivity contribution in [3.63, 3.8) is 0 Å². The van der Waals surface area contributed by atoms with E-state index in [0.717, 1.165) is 6.26 Å². The molecule has 6 heteroatoms. The maximum atomic E-state index is 11.8. The number of rotatable bonds is 6. The first-order valence-electron chi connectivity index (χ1n) is 6.13. The number of hydrogen-bond donors (Lipinski definition) is 1. The van der Waals surface area contributed by atoms with E-state index in [2.05, 4.69) is 5.32 Å². The largest absolute Gasteiger partial charge is 0.354 e. The zero-order valence-corrected chi connectivity index (χ0v) is 12.3. The van der Waals surface area contributed by atoms with E-state index in [9.17, 15) is 13.2 Å². The molecule has 5 nitrogen and oxygen atoms in total. The highest BCUT2D eigenvalue weighted by atomic mass is 32.2. The fraction of sp³-hybridized carbons (Fsp3) is 0.462. The molecule has 0 aliphatic rings. The van der Waals surface area contributed by atoms with Crippen LogP contribution in [0.4, 0.5) is 5.69 Å². The van der Waals surface area contributed by atoms with Crippen LogP contribution in [-0.4, -0.2) is 33.7 Å². The molecule has 1 aromatic rings. The number of carbonyl (C=O) groups excluding carboxylic acids is 1. The predicted octanol–water partition coefficient (Wildman–Crippen LogP) is 1.22. The van der Waals surface area contributed by atoms with Crippen LogP contribution >= 0.6 is 0 Å². The topological polar surface area (TPSA) is 66.5 Å². The lowest BCUT2D eigenvalue weighted by Gasteiger charge is -2.22. The molecule has 1 rings (SSSR count). The summed E-state index contributed by atoms with van der Waals surface area (Å²) in [7, 11) is -3.35. The van der Waals surface area contributed by atoms with Gasteiger partial charge in [0.25, 0.3) is 0 Å². The predicted molar refractivity (Wildman–Crippen MR) is 76.5 cm³/mol. The highest BCUT2D eigenvalue weighted by Gasteiger charge is 2.17. The molecule has 0 aromatic heterocycles. The van der Waals surface area contributed by atoms with Crippen LogP contribution in [0.5, 0.6) is 0 Å². The zero-order chi connectivity index (χ0) is 14.5. The summed E-state index contributed by atoms with van der Waals surface area (Å²) >= 11 is 0. The molecule has 0 spiro atoms. The molecular weight excluding hydrogens is 264 g/mol. The molecule has 19 heavy (non-hydrogen) atoms. The Morgan fingerprint density at radius 2 is 1.84 bits per heavy atom. The summed E-state index contributed by atoms with van der Waals surface area (Å²) < 4.78 is 24.8. The molecule has 0 aliphatic heterocycles. The van der Waals surface area contributed by atoms with Gasteiger partial charge in [0.05, 0.1) is 18.5 Å². The number of sulfonamides is 1. The smallest absolute Gasteiger partial charge is 0.232 e. The maximum absolute atomic E-state index is 11.8. The van der Waals surface area contributed by atoms with Crippen molar-refractivity contribution in [3.05, 3.63) is 30.3 Å². The van der Waals surface area contributed by atoms with Gasteiger partial charge < -0.3 is 5.32 Å². The van der Waals surface area contributed by atoms with Crippen molar-refractivity contribution in [3.8, 4) is 0 Å². The number of para-hydroxylation sites is 1. The van der Waals surface area contributed by atoms with E-state index in [1.807, 2.05) is 6.07 Å². The molecule has 0 aliphatic carbocycles. The van der Waals surface area contributed by atoms with Crippen molar-refractivity contribution < 1.29 is 13.2 Å². The van der Waals surface area contributed by atoms with E-state index >= 15 is 0 Å². The second-order valence-electron chi connectivity index (χ2n) is 4.62. The minimum atomic E-state index is -3.35. The lowest BCUT2D eigenvalue weighted by molar-refractivity contribution is -0.123. The number of nitrogens with one attached hydrogen (secondary N) is 1. The van der Waals surface area contributed by atoms with Crippen LogP contribution in [0, 0.1) is 5.92 Å². The first kappa shape index (κ1) is 15.5. The Kier molecular flexibility index (Phi) is 5.35. The summed E-state index contributed by atoms with van der Waals surface area (Å²) in [5.74, 6) is -0.190. The Morgan fingerprint density at radius 3 is 2.32 bits per heavy atom. The standard InChI is InChI=1S/C13H20N2O3S/c1-11(2)13(16)14-9-10-15(19(3,17)18)12-7-5-4-6-8-12/h4-8,11H,9-10H2,1-3H3,(H,14,16). The van der Waals surface area contributed by atoms with Gasteiger partial charge in [-0.2, -0.15) is 0 Å². The van der Waals surface area contributed by atoms with Gasteiger partial charge in [-0.3, -0.25) is 9.10 Å². The maximum Gasteiger partial charge on any atom is 0.232 e. The monoisotopic (exact) mass is 284 g/mol. The van der Waals surface area contributed by atoms with Gasteiger partial charge in [-0.05, 0) is 12.1 Å². The van der Waals surface area contributed by atoms with E-state index in [-0.39, 0.29) is 18.4 Å². The lowest BCUT2D eigenvalue weighted by Crippen LogP contribution is -2.39. The lowest BCUT2D eigenvalue weighted by atomic mass is 10.2. The summed E-state index contributed by atoms with van der Waals surface area (Å²) in [6.45, 7) is 4.10. The number of nitrogens with zero attached hydrogens (tertiary/aromatic N) is 1.